The molecule has 0 radical (unpaired) electrons. The van der Waals surface area contributed by atoms with Gasteiger partial charge in [0.25, 0.3) is 10.0 Å². The third kappa shape index (κ3) is 3.72. The lowest BCUT2D eigenvalue weighted by Crippen LogP contribution is -2.57. The molecule has 1 heterocycles. The van der Waals surface area contributed by atoms with Crippen LogP contribution in [0.4, 0.5) is 4.79 Å². The Morgan fingerprint density at radius 3 is 2.13 bits per heavy atom. The van der Waals surface area contributed by atoms with E-state index in [2.05, 4.69) is 5.10 Å². The molecule has 0 atom stereocenters. The Morgan fingerprint density at radius 1 is 1.09 bits per heavy atom. The lowest BCUT2D eigenvalue weighted by Gasteiger charge is -2.20. The van der Waals surface area contributed by atoms with Crippen molar-refractivity contribution in [2.75, 3.05) is 0 Å². The number of hydrogen-bond acceptors (Lipinski definition) is 6. The summed E-state index contributed by atoms with van der Waals surface area (Å²) in [6.45, 7) is 3.12. The quantitative estimate of drug-likeness (QED) is 0.391. The van der Waals surface area contributed by atoms with Crippen LogP contribution in [0.15, 0.2) is 34.3 Å². The summed E-state index contributed by atoms with van der Waals surface area (Å²) in [4.78, 5) is 36.2. The highest BCUT2D eigenvalue weighted by Gasteiger charge is 2.36. The molecule has 3 N–H and O–H groups in total. The smallest absolute Gasteiger partial charge is 0.277 e. The molecule has 0 unspecified atom stereocenters. The second-order valence-electron chi connectivity index (χ2n) is 4.90. The van der Waals surface area contributed by atoms with E-state index in [0.717, 1.165) is 5.56 Å². The molecule has 23 heavy (non-hydrogen) atoms. The SMILES string of the molecule is C/C(=N\NS(=O)(=O)c1ccc(C)cc1)C1C(=O)NC(=O)NC1=O. The molecular weight excluding hydrogens is 324 g/mol. The van der Waals surface area contributed by atoms with Gasteiger partial charge >= 0.3 is 6.03 Å². The summed E-state index contributed by atoms with van der Waals surface area (Å²) >= 11 is 0. The van der Waals surface area contributed by atoms with E-state index in [1.54, 1.807) is 12.1 Å². The van der Waals surface area contributed by atoms with Crippen LogP contribution in [-0.4, -0.2) is 32.0 Å². The summed E-state index contributed by atoms with van der Waals surface area (Å²) in [5.41, 5.74) is 0.798. The van der Waals surface area contributed by atoms with Gasteiger partial charge in [-0.2, -0.15) is 13.5 Å². The number of imide groups is 2. The molecule has 0 saturated carbocycles. The van der Waals surface area contributed by atoms with E-state index < -0.39 is 33.8 Å². The maximum atomic E-state index is 12.1. The third-order valence-electron chi connectivity index (χ3n) is 3.09. The van der Waals surface area contributed by atoms with E-state index in [0.29, 0.717) is 0 Å². The van der Waals surface area contributed by atoms with Gasteiger partial charge in [-0.3, -0.25) is 20.2 Å². The molecule has 0 aliphatic carbocycles. The molecule has 4 amide bonds. The van der Waals surface area contributed by atoms with Crippen LogP contribution < -0.4 is 15.5 Å². The third-order valence-corrected chi connectivity index (χ3v) is 4.31. The molecule has 1 aromatic rings. The predicted octanol–water partition coefficient (Wildman–Crippen LogP) is -0.369. The van der Waals surface area contributed by atoms with Crippen LogP contribution in [0.2, 0.25) is 0 Å². The molecule has 0 bridgehead atoms. The van der Waals surface area contributed by atoms with Crippen LogP contribution >= 0.6 is 0 Å². The number of amides is 4. The summed E-state index contributed by atoms with van der Waals surface area (Å²) < 4.78 is 24.1. The highest BCUT2D eigenvalue weighted by Crippen LogP contribution is 2.10. The monoisotopic (exact) mass is 338 g/mol. The van der Waals surface area contributed by atoms with Crippen molar-refractivity contribution < 1.29 is 22.8 Å². The summed E-state index contributed by atoms with van der Waals surface area (Å²) in [5.74, 6) is -3.11. The molecule has 2 rings (SSSR count). The molecule has 1 aromatic carbocycles. The van der Waals surface area contributed by atoms with E-state index in [4.69, 9.17) is 0 Å². The minimum Gasteiger partial charge on any atom is -0.277 e. The van der Waals surface area contributed by atoms with Crippen LogP contribution in [0, 0.1) is 12.8 Å². The van der Waals surface area contributed by atoms with Crippen LogP contribution in [0.5, 0.6) is 0 Å². The van der Waals surface area contributed by atoms with Crippen LogP contribution in [0.25, 0.3) is 0 Å². The average Bonchev–Trinajstić information content (AvgIpc) is 2.44. The summed E-state index contributed by atoms with van der Waals surface area (Å²) in [7, 11) is -3.92. The van der Waals surface area contributed by atoms with Crippen LogP contribution in [-0.2, 0) is 19.6 Å². The number of nitrogens with one attached hydrogen (secondary N) is 3. The average molecular weight is 338 g/mol. The second-order valence-corrected chi connectivity index (χ2v) is 6.56. The number of carbonyl (C=O) groups is 3. The fourth-order valence-electron chi connectivity index (χ4n) is 1.86. The Kier molecular flexibility index (Phi) is 4.45. The first-order valence-electron chi connectivity index (χ1n) is 6.49. The highest BCUT2D eigenvalue weighted by atomic mass is 32.2. The van der Waals surface area contributed by atoms with Gasteiger partial charge in [0.05, 0.1) is 10.6 Å². The molecule has 1 aliphatic heterocycles. The van der Waals surface area contributed by atoms with E-state index in [9.17, 15) is 22.8 Å². The van der Waals surface area contributed by atoms with Crippen LogP contribution in [0.1, 0.15) is 12.5 Å². The zero-order valence-electron chi connectivity index (χ0n) is 12.3. The van der Waals surface area contributed by atoms with Crippen molar-refractivity contribution >= 4 is 33.6 Å². The van der Waals surface area contributed by atoms with Gasteiger partial charge in [0.15, 0.2) is 5.92 Å². The predicted molar refractivity (Wildman–Crippen MR) is 79.8 cm³/mol. The number of hydrogen-bond donors (Lipinski definition) is 3. The van der Waals surface area contributed by atoms with Crippen molar-refractivity contribution in [2.45, 2.75) is 18.7 Å². The van der Waals surface area contributed by atoms with Gasteiger partial charge in [0, 0.05) is 0 Å². The number of hydrazone groups is 1. The Labute approximate surface area is 132 Å². The van der Waals surface area contributed by atoms with Gasteiger partial charge in [-0.25, -0.2) is 9.63 Å². The fourth-order valence-corrected chi connectivity index (χ4v) is 2.73. The normalized spacial score (nSPS) is 16.8. The first-order chi connectivity index (χ1) is 10.7. The molecule has 9 nitrogen and oxygen atoms in total. The van der Waals surface area contributed by atoms with E-state index in [1.807, 2.05) is 22.4 Å². The standard InChI is InChI=1S/C13H14N4O5S/c1-7-3-5-9(6-4-7)23(21,22)17-16-8(2)10-11(18)14-13(20)15-12(10)19/h3-6,10,17H,1-2H3,(H2,14,15,18,19,20)/b16-8+. The number of barbiturate groups is 1. The lowest BCUT2D eigenvalue weighted by atomic mass is 10.0. The Hall–Kier alpha value is -2.75. The van der Waals surface area contributed by atoms with Gasteiger partial charge in [0.1, 0.15) is 0 Å². The van der Waals surface area contributed by atoms with Gasteiger partial charge in [-0.15, -0.1) is 0 Å². The van der Waals surface area contributed by atoms with Gasteiger partial charge in [-0.05, 0) is 26.0 Å². The molecule has 1 fully saturated rings. The summed E-state index contributed by atoms with van der Waals surface area (Å²) in [6, 6.07) is 5.13. The second kappa shape index (κ2) is 6.16. The van der Waals surface area contributed by atoms with E-state index in [1.165, 1.54) is 19.1 Å². The van der Waals surface area contributed by atoms with Crippen molar-refractivity contribution in [1.82, 2.24) is 15.5 Å². The number of nitrogens with zero attached hydrogens (tertiary/aromatic N) is 1. The molecule has 1 saturated heterocycles. The zero-order chi connectivity index (χ0) is 17.2. The molecule has 10 heteroatoms. The number of aryl methyl sites for hydroxylation is 1. The van der Waals surface area contributed by atoms with Gasteiger partial charge < -0.3 is 0 Å². The molecule has 0 spiro atoms. The van der Waals surface area contributed by atoms with E-state index in [-0.39, 0.29) is 10.6 Å². The minimum absolute atomic E-state index is 0.00706. The van der Waals surface area contributed by atoms with E-state index >= 15 is 0 Å². The van der Waals surface area contributed by atoms with Crippen LogP contribution in [0.3, 0.4) is 0 Å². The Morgan fingerprint density at radius 2 is 1.61 bits per heavy atom. The lowest BCUT2D eigenvalue weighted by molar-refractivity contribution is -0.132. The maximum absolute atomic E-state index is 12.1. The van der Waals surface area contributed by atoms with Gasteiger partial charge in [0.2, 0.25) is 11.8 Å². The largest absolute Gasteiger partial charge is 0.328 e. The van der Waals surface area contributed by atoms with Gasteiger partial charge in [-0.1, -0.05) is 17.7 Å². The number of carbonyl (C=O) groups excluding carboxylic acids is 3. The fraction of sp³-hybridized carbons (Fsp3) is 0.231. The molecule has 122 valence electrons. The molecule has 0 aromatic heterocycles. The molecular formula is C13H14N4O5S. The Bertz CT molecular complexity index is 778. The zero-order valence-corrected chi connectivity index (χ0v) is 13.1. The molecule has 1 aliphatic rings. The Balaban J connectivity index is 2.18. The number of rotatable bonds is 4. The number of urea groups is 1. The number of sulfonamides is 1. The van der Waals surface area contributed by atoms with Crippen molar-refractivity contribution in [3.05, 3.63) is 29.8 Å². The van der Waals surface area contributed by atoms with Crippen molar-refractivity contribution in [3.8, 4) is 0 Å². The van der Waals surface area contributed by atoms with Crippen molar-refractivity contribution in [1.29, 1.82) is 0 Å². The first-order valence-corrected chi connectivity index (χ1v) is 7.97. The number of benzene rings is 1. The summed E-state index contributed by atoms with van der Waals surface area (Å²) in [6.07, 6.45) is 0. The van der Waals surface area contributed by atoms with Crippen molar-refractivity contribution in [3.63, 3.8) is 0 Å². The van der Waals surface area contributed by atoms with Crippen molar-refractivity contribution in [2.24, 2.45) is 11.0 Å². The summed E-state index contributed by atoms with van der Waals surface area (Å²) in [5, 5.41) is 7.41. The maximum Gasteiger partial charge on any atom is 0.328 e. The topological polar surface area (TPSA) is 134 Å². The first kappa shape index (κ1) is 16.6. The highest BCUT2D eigenvalue weighted by molar-refractivity contribution is 7.89. The minimum atomic E-state index is -3.92.